The molecule has 0 unspecified atom stereocenters. The molecule has 1 aromatic carbocycles. The molecule has 7 heteroatoms. The van der Waals surface area contributed by atoms with E-state index in [1.807, 2.05) is 0 Å². The molecule has 2 rings (SSSR count). The van der Waals surface area contributed by atoms with Crippen LogP contribution in [0.5, 0.6) is 0 Å². The van der Waals surface area contributed by atoms with Crippen LogP contribution in [0.15, 0.2) is 24.4 Å². The van der Waals surface area contributed by atoms with Gasteiger partial charge in [-0.1, -0.05) is 0 Å². The van der Waals surface area contributed by atoms with Crippen molar-refractivity contribution >= 4 is 0 Å². The van der Waals surface area contributed by atoms with Gasteiger partial charge in [0.2, 0.25) is 0 Å². The molecule has 2 aromatic rings. The summed E-state index contributed by atoms with van der Waals surface area (Å²) in [6.07, 6.45) is -4.23. The molecule has 1 heterocycles. The van der Waals surface area contributed by atoms with Gasteiger partial charge >= 0.3 is 6.18 Å². The molecule has 0 saturated heterocycles. The van der Waals surface area contributed by atoms with E-state index in [2.05, 4.69) is 9.97 Å². The number of aliphatic hydroxyl groups is 1. The van der Waals surface area contributed by atoms with Gasteiger partial charge in [0.25, 0.3) is 0 Å². The topological polar surface area (TPSA) is 46.0 Å². The molecule has 1 N–H and O–H groups in total. The van der Waals surface area contributed by atoms with Crippen LogP contribution in [-0.2, 0) is 6.18 Å². The summed E-state index contributed by atoms with van der Waals surface area (Å²) in [6.45, 7) is 3.04. The Morgan fingerprint density at radius 2 is 1.90 bits per heavy atom. The number of aromatic nitrogens is 2. The van der Waals surface area contributed by atoms with Crippen LogP contribution in [0.25, 0.3) is 11.4 Å². The van der Waals surface area contributed by atoms with Crippen LogP contribution in [0, 0.1) is 12.7 Å². The summed E-state index contributed by atoms with van der Waals surface area (Å²) < 4.78 is 52.1. The Kier molecular flexibility index (Phi) is 3.95. The van der Waals surface area contributed by atoms with Crippen LogP contribution in [-0.4, -0.2) is 15.1 Å². The molecule has 0 saturated carbocycles. The van der Waals surface area contributed by atoms with Gasteiger partial charge in [0.05, 0.1) is 11.7 Å². The number of rotatable bonds is 2. The van der Waals surface area contributed by atoms with Crippen molar-refractivity contribution in [3.8, 4) is 11.4 Å². The maximum Gasteiger partial charge on any atom is 0.417 e. The summed E-state index contributed by atoms with van der Waals surface area (Å²) in [5, 5.41) is 9.47. The highest BCUT2D eigenvalue weighted by Crippen LogP contribution is 2.36. The minimum Gasteiger partial charge on any atom is -0.389 e. The Labute approximate surface area is 118 Å². The summed E-state index contributed by atoms with van der Waals surface area (Å²) in [4.78, 5) is 7.75. The lowest BCUT2D eigenvalue weighted by Gasteiger charge is -2.14. The van der Waals surface area contributed by atoms with Gasteiger partial charge in [0.1, 0.15) is 5.82 Å². The SMILES string of the molecule is Cc1nc(-c2cc(F)ccc2C(F)(F)F)ncc1[C@@H](C)O. The van der Waals surface area contributed by atoms with Gasteiger partial charge in [-0.2, -0.15) is 13.2 Å². The molecule has 0 fully saturated rings. The van der Waals surface area contributed by atoms with E-state index < -0.39 is 29.2 Å². The predicted molar refractivity (Wildman–Crippen MR) is 67.8 cm³/mol. The van der Waals surface area contributed by atoms with Crippen molar-refractivity contribution in [1.29, 1.82) is 0 Å². The number of nitrogens with zero attached hydrogens (tertiary/aromatic N) is 2. The van der Waals surface area contributed by atoms with E-state index in [-0.39, 0.29) is 5.82 Å². The van der Waals surface area contributed by atoms with Crippen molar-refractivity contribution in [3.63, 3.8) is 0 Å². The predicted octanol–water partition coefficient (Wildman–Crippen LogP) is 3.66. The van der Waals surface area contributed by atoms with Crippen molar-refractivity contribution in [1.82, 2.24) is 9.97 Å². The van der Waals surface area contributed by atoms with Crippen LogP contribution >= 0.6 is 0 Å². The fourth-order valence-corrected chi connectivity index (χ4v) is 1.96. The number of halogens is 4. The molecule has 0 bridgehead atoms. The van der Waals surface area contributed by atoms with E-state index in [9.17, 15) is 22.7 Å². The second-order valence-corrected chi connectivity index (χ2v) is 4.60. The van der Waals surface area contributed by atoms with E-state index >= 15 is 0 Å². The van der Waals surface area contributed by atoms with Gasteiger partial charge in [0.15, 0.2) is 5.82 Å². The molecule has 112 valence electrons. The number of benzene rings is 1. The average Bonchev–Trinajstić information content (AvgIpc) is 2.36. The molecule has 0 aliphatic carbocycles. The monoisotopic (exact) mass is 300 g/mol. The molecule has 0 spiro atoms. The molecule has 0 amide bonds. The van der Waals surface area contributed by atoms with E-state index in [1.54, 1.807) is 6.92 Å². The van der Waals surface area contributed by atoms with Gasteiger partial charge < -0.3 is 5.11 Å². The fraction of sp³-hybridized carbons (Fsp3) is 0.286. The summed E-state index contributed by atoms with van der Waals surface area (Å²) in [5.74, 6) is -1.04. The largest absolute Gasteiger partial charge is 0.417 e. The third-order valence-corrected chi connectivity index (χ3v) is 3.00. The first-order valence-corrected chi connectivity index (χ1v) is 6.09. The fourth-order valence-electron chi connectivity index (χ4n) is 1.96. The molecule has 0 radical (unpaired) electrons. The molecular formula is C14H12F4N2O. The number of hydrogen-bond donors (Lipinski definition) is 1. The quantitative estimate of drug-likeness (QED) is 0.861. The zero-order chi connectivity index (χ0) is 15.8. The first kappa shape index (κ1) is 15.4. The van der Waals surface area contributed by atoms with E-state index in [1.165, 1.54) is 13.1 Å². The van der Waals surface area contributed by atoms with Crippen LogP contribution < -0.4 is 0 Å². The molecule has 21 heavy (non-hydrogen) atoms. The Morgan fingerprint density at radius 3 is 2.43 bits per heavy atom. The van der Waals surface area contributed by atoms with Gasteiger partial charge in [-0.05, 0) is 32.0 Å². The molecule has 1 aromatic heterocycles. The summed E-state index contributed by atoms with van der Waals surface area (Å²) >= 11 is 0. The highest BCUT2D eigenvalue weighted by molar-refractivity contribution is 5.61. The van der Waals surface area contributed by atoms with Gasteiger partial charge in [0, 0.05) is 23.0 Å². The molecule has 3 nitrogen and oxygen atoms in total. The molecular weight excluding hydrogens is 288 g/mol. The number of aryl methyl sites for hydroxylation is 1. The van der Waals surface area contributed by atoms with E-state index in [4.69, 9.17) is 0 Å². The van der Waals surface area contributed by atoms with Crippen molar-refractivity contribution in [2.24, 2.45) is 0 Å². The highest BCUT2D eigenvalue weighted by Gasteiger charge is 2.34. The Balaban J connectivity index is 2.61. The summed E-state index contributed by atoms with van der Waals surface area (Å²) in [6, 6.07) is 2.15. The first-order chi connectivity index (χ1) is 9.70. The van der Waals surface area contributed by atoms with Crippen molar-refractivity contribution < 1.29 is 22.7 Å². The summed E-state index contributed by atoms with van der Waals surface area (Å²) in [5.41, 5.74) is -0.688. The minimum atomic E-state index is -4.64. The maximum atomic E-state index is 13.3. The van der Waals surface area contributed by atoms with Crippen LogP contribution in [0.3, 0.4) is 0 Å². The molecule has 0 aliphatic heterocycles. The zero-order valence-corrected chi connectivity index (χ0v) is 11.2. The lowest BCUT2D eigenvalue weighted by Crippen LogP contribution is -2.09. The second kappa shape index (κ2) is 5.40. The van der Waals surface area contributed by atoms with Crippen molar-refractivity contribution in [2.45, 2.75) is 26.1 Å². The highest BCUT2D eigenvalue weighted by atomic mass is 19.4. The lowest BCUT2D eigenvalue weighted by atomic mass is 10.1. The smallest absolute Gasteiger partial charge is 0.389 e. The number of hydrogen-bond acceptors (Lipinski definition) is 3. The lowest BCUT2D eigenvalue weighted by molar-refractivity contribution is -0.137. The van der Waals surface area contributed by atoms with Gasteiger partial charge in [-0.3, -0.25) is 0 Å². The van der Waals surface area contributed by atoms with Crippen LogP contribution in [0.2, 0.25) is 0 Å². The first-order valence-electron chi connectivity index (χ1n) is 6.09. The molecule has 1 atom stereocenters. The molecule has 0 aliphatic rings. The van der Waals surface area contributed by atoms with Crippen molar-refractivity contribution in [2.75, 3.05) is 0 Å². The normalized spacial score (nSPS) is 13.3. The Bertz CT molecular complexity index is 669. The van der Waals surface area contributed by atoms with E-state index in [0.717, 1.165) is 12.1 Å². The summed E-state index contributed by atoms with van der Waals surface area (Å²) in [7, 11) is 0. The Morgan fingerprint density at radius 1 is 1.24 bits per heavy atom. The third-order valence-electron chi connectivity index (χ3n) is 3.00. The van der Waals surface area contributed by atoms with E-state index in [0.29, 0.717) is 17.3 Å². The Hall–Kier alpha value is -2.02. The zero-order valence-electron chi connectivity index (χ0n) is 11.2. The third kappa shape index (κ3) is 3.18. The van der Waals surface area contributed by atoms with Crippen molar-refractivity contribution in [3.05, 3.63) is 47.0 Å². The minimum absolute atomic E-state index is 0.233. The average molecular weight is 300 g/mol. The second-order valence-electron chi connectivity index (χ2n) is 4.60. The van der Waals surface area contributed by atoms with Gasteiger partial charge in [-0.15, -0.1) is 0 Å². The maximum absolute atomic E-state index is 13.3. The number of alkyl halides is 3. The standard InChI is InChI=1S/C14H12F4N2O/c1-7-11(8(2)21)6-19-13(20-7)10-5-9(15)3-4-12(10)14(16,17)18/h3-6,8,21H,1-2H3/t8-/m1/s1. The van der Waals surface area contributed by atoms with Gasteiger partial charge in [-0.25, -0.2) is 14.4 Å². The number of aliphatic hydroxyl groups excluding tert-OH is 1. The van der Waals surface area contributed by atoms with Crippen LogP contribution in [0.1, 0.15) is 29.8 Å². The van der Waals surface area contributed by atoms with Crippen LogP contribution in [0.4, 0.5) is 17.6 Å².